The van der Waals surface area contributed by atoms with E-state index in [9.17, 15) is 9.59 Å². The number of methoxy groups -OCH3 is 1. The van der Waals surface area contributed by atoms with E-state index in [1.54, 1.807) is 24.3 Å². The summed E-state index contributed by atoms with van der Waals surface area (Å²) in [7, 11) is 1.54. The maximum atomic E-state index is 12.0. The van der Waals surface area contributed by atoms with Crippen LogP contribution < -0.4 is 9.47 Å². The van der Waals surface area contributed by atoms with Crippen molar-refractivity contribution in [2.75, 3.05) is 20.3 Å². The normalized spacial score (nSPS) is 10.1. The molecule has 5 nitrogen and oxygen atoms in total. The van der Waals surface area contributed by atoms with Gasteiger partial charge in [0.1, 0.15) is 11.5 Å². The van der Waals surface area contributed by atoms with Gasteiger partial charge < -0.3 is 14.2 Å². The molecule has 0 heterocycles. The Morgan fingerprint density at radius 2 is 1.79 bits per heavy atom. The minimum atomic E-state index is -0.598. The minimum Gasteiger partial charge on any atom is -0.496 e. The Morgan fingerprint density at radius 1 is 1.04 bits per heavy atom. The molecule has 0 atom stereocenters. The Kier molecular flexibility index (Phi) is 6.37. The van der Waals surface area contributed by atoms with Crippen molar-refractivity contribution >= 4 is 27.7 Å². The summed E-state index contributed by atoms with van der Waals surface area (Å²) in [4.78, 5) is 23.8. The number of para-hydroxylation sites is 1. The Labute approximate surface area is 148 Å². The topological polar surface area (TPSA) is 61.8 Å². The van der Waals surface area contributed by atoms with Gasteiger partial charge in [-0.3, -0.25) is 4.79 Å². The summed E-state index contributed by atoms with van der Waals surface area (Å²) in [5.74, 6) is 0.330. The number of rotatable bonds is 7. The molecule has 0 aliphatic carbocycles. The van der Waals surface area contributed by atoms with Gasteiger partial charge in [-0.15, -0.1) is 0 Å². The lowest BCUT2D eigenvalue weighted by atomic mass is 10.1. The van der Waals surface area contributed by atoms with Gasteiger partial charge in [-0.1, -0.05) is 18.2 Å². The fraction of sp³-hybridized carbons (Fsp3) is 0.222. The lowest BCUT2D eigenvalue weighted by Crippen LogP contribution is -2.19. The molecule has 0 aliphatic rings. The monoisotopic (exact) mass is 392 g/mol. The summed E-state index contributed by atoms with van der Waals surface area (Å²) in [5.41, 5.74) is 1.35. The summed E-state index contributed by atoms with van der Waals surface area (Å²) >= 11 is 3.31. The number of carbonyl (C=O) groups excluding carboxylic acids is 2. The Bertz CT molecular complexity index is 742. The van der Waals surface area contributed by atoms with Gasteiger partial charge in [-0.25, -0.2) is 4.79 Å². The van der Waals surface area contributed by atoms with E-state index < -0.39 is 5.97 Å². The van der Waals surface area contributed by atoms with Crippen LogP contribution in [-0.4, -0.2) is 32.1 Å². The molecule has 6 heteroatoms. The molecule has 0 N–H and O–H groups in total. The molecule has 0 amide bonds. The van der Waals surface area contributed by atoms with Crippen LogP contribution in [0.15, 0.2) is 46.9 Å². The SMILES string of the molecule is COc1ccc(C(=O)COC(=O)COc2ccccc2C)cc1Br. The first-order valence-corrected chi connectivity index (χ1v) is 8.01. The summed E-state index contributed by atoms with van der Waals surface area (Å²) < 4.78 is 16.1. The Hall–Kier alpha value is -2.34. The molecule has 2 aromatic carbocycles. The lowest BCUT2D eigenvalue weighted by molar-refractivity contribution is -0.144. The number of halogens is 1. The third-order valence-electron chi connectivity index (χ3n) is 3.28. The van der Waals surface area contributed by atoms with E-state index in [1.807, 2.05) is 25.1 Å². The fourth-order valence-electron chi connectivity index (χ4n) is 1.97. The predicted molar refractivity (Wildman–Crippen MR) is 92.7 cm³/mol. The zero-order chi connectivity index (χ0) is 17.5. The highest BCUT2D eigenvalue weighted by molar-refractivity contribution is 9.10. The molecule has 126 valence electrons. The average Bonchev–Trinajstić information content (AvgIpc) is 2.58. The molecular formula is C18H17BrO5. The van der Waals surface area contributed by atoms with Gasteiger partial charge >= 0.3 is 5.97 Å². The molecule has 0 saturated carbocycles. The molecule has 0 aromatic heterocycles. The Balaban J connectivity index is 1.84. The van der Waals surface area contributed by atoms with Crippen molar-refractivity contribution < 1.29 is 23.8 Å². The van der Waals surface area contributed by atoms with Crippen LogP contribution in [0.2, 0.25) is 0 Å². The van der Waals surface area contributed by atoms with Crippen molar-refractivity contribution in [1.82, 2.24) is 0 Å². The van der Waals surface area contributed by atoms with Crippen LogP contribution in [0.1, 0.15) is 15.9 Å². The summed E-state index contributed by atoms with van der Waals surface area (Å²) in [6, 6.07) is 12.3. The van der Waals surface area contributed by atoms with Crippen molar-refractivity contribution in [3.8, 4) is 11.5 Å². The van der Waals surface area contributed by atoms with Gasteiger partial charge in [0.2, 0.25) is 0 Å². The first-order chi connectivity index (χ1) is 11.5. The summed E-state index contributed by atoms with van der Waals surface area (Å²) in [6.45, 7) is 1.30. The number of benzene rings is 2. The molecular weight excluding hydrogens is 376 g/mol. The maximum Gasteiger partial charge on any atom is 0.344 e. The summed E-state index contributed by atoms with van der Waals surface area (Å²) in [5, 5.41) is 0. The number of ketones is 1. The minimum absolute atomic E-state index is 0.246. The van der Waals surface area contributed by atoms with Crippen LogP contribution in [-0.2, 0) is 9.53 Å². The van der Waals surface area contributed by atoms with Crippen LogP contribution in [0, 0.1) is 6.92 Å². The van der Waals surface area contributed by atoms with Crippen LogP contribution >= 0.6 is 15.9 Å². The Morgan fingerprint density at radius 3 is 2.46 bits per heavy atom. The number of ether oxygens (including phenoxy) is 3. The molecule has 0 aliphatic heterocycles. The average molecular weight is 393 g/mol. The quantitative estimate of drug-likeness (QED) is 0.532. The molecule has 24 heavy (non-hydrogen) atoms. The third-order valence-corrected chi connectivity index (χ3v) is 3.90. The van der Waals surface area contributed by atoms with Crippen LogP contribution in [0.25, 0.3) is 0 Å². The molecule has 0 unspecified atom stereocenters. The first kappa shape index (κ1) is 18.0. The molecule has 0 saturated heterocycles. The maximum absolute atomic E-state index is 12.0. The van der Waals surface area contributed by atoms with E-state index in [4.69, 9.17) is 14.2 Å². The number of esters is 1. The van der Waals surface area contributed by atoms with Gasteiger partial charge in [-0.2, -0.15) is 0 Å². The van der Waals surface area contributed by atoms with Crippen molar-refractivity contribution in [1.29, 1.82) is 0 Å². The number of Topliss-reactive ketones (excluding diaryl/α,β-unsaturated/α-hetero) is 1. The van der Waals surface area contributed by atoms with E-state index in [-0.39, 0.29) is 19.0 Å². The number of carbonyl (C=O) groups is 2. The van der Waals surface area contributed by atoms with Crippen molar-refractivity contribution in [3.63, 3.8) is 0 Å². The zero-order valence-corrected chi connectivity index (χ0v) is 15.0. The van der Waals surface area contributed by atoms with E-state index in [1.165, 1.54) is 7.11 Å². The third kappa shape index (κ3) is 4.83. The van der Waals surface area contributed by atoms with E-state index in [0.717, 1.165) is 5.56 Å². The second-order valence-corrected chi connectivity index (χ2v) is 5.84. The number of aryl methyl sites for hydroxylation is 1. The second-order valence-electron chi connectivity index (χ2n) is 4.99. The highest BCUT2D eigenvalue weighted by atomic mass is 79.9. The first-order valence-electron chi connectivity index (χ1n) is 7.22. The van der Waals surface area contributed by atoms with Crippen LogP contribution in [0.4, 0.5) is 0 Å². The van der Waals surface area contributed by atoms with Gasteiger partial charge in [-0.05, 0) is 52.7 Å². The van der Waals surface area contributed by atoms with Crippen molar-refractivity contribution in [2.24, 2.45) is 0 Å². The van der Waals surface area contributed by atoms with Crippen molar-refractivity contribution in [2.45, 2.75) is 6.92 Å². The molecule has 2 aromatic rings. The van der Waals surface area contributed by atoms with E-state index >= 15 is 0 Å². The van der Waals surface area contributed by atoms with Crippen LogP contribution in [0.5, 0.6) is 11.5 Å². The van der Waals surface area contributed by atoms with Crippen LogP contribution in [0.3, 0.4) is 0 Å². The van der Waals surface area contributed by atoms with Gasteiger partial charge in [0.15, 0.2) is 19.0 Å². The number of hydrogen-bond donors (Lipinski definition) is 0. The van der Waals surface area contributed by atoms with Gasteiger partial charge in [0.25, 0.3) is 0 Å². The molecule has 2 rings (SSSR count). The predicted octanol–water partition coefficient (Wildman–Crippen LogP) is 3.57. The number of hydrogen-bond acceptors (Lipinski definition) is 5. The van der Waals surface area contributed by atoms with Crippen molar-refractivity contribution in [3.05, 3.63) is 58.1 Å². The van der Waals surface area contributed by atoms with E-state index in [0.29, 0.717) is 21.5 Å². The summed E-state index contributed by atoms with van der Waals surface area (Å²) in [6.07, 6.45) is 0. The highest BCUT2D eigenvalue weighted by Gasteiger charge is 2.12. The molecule has 0 fully saturated rings. The molecule has 0 bridgehead atoms. The smallest absolute Gasteiger partial charge is 0.344 e. The molecule has 0 radical (unpaired) electrons. The highest BCUT2D eigenvalue weighted by Crippen LogP contribution is 2.25. The fourth-order valence-corrected chi connectivity index (χ4v) is 2.51. The van der Waals surface area contributed by atoms with E-state index in [2.05, 4.69) is 15.9 Å². The lowest BCUT2D eigenvalue weighted by Gasteiger charge is -2.09. The van der Waals surface area contributed by atoms with Gasteiger partial charge in [0.05, 0.1) is 11.6 Å². The second kappa shape index (κ2) is 8.49. The standard InChI is InChI=1S/C18H17BrO5/c1-12-5-3-4-6-16(12)23-11-18(21)24-10-15(20)13-7-8-17(22-2)14(19)9-13/h3-9H,10-11H2,1-2H3. The zero-order valence-electron chi connectivity index (χ0n) is 13.4. The largest absolute Gasteiger partial charge is 0.496 e. The van der Waals surface area contributed by atoms with Gasteiger partial charge in [0, 0.05) is 5.56 Å². The molecule has 0 spiro atoms.